The van der Waals surface area contributed by atoms with Crippen molar-refractivity contribution in [1.29, 1.82) is 0 Å². The molecule has 4 nitrogen and oxygen atoms in total. The number of phenols is 1. The summed E-state index contributed by atoms with van der Waals surface area (Å²) in [4.78, 5) is 10.9. The number of amides is 1. The van der Waals surface area contributed by atoms with E-state index < -0.39 is 5.91 Å². The van der Waals surface area contributed by atoms with E-state index in [1.807, 2.05) is 5.43 Å². The van der Waals surface area contributed by atoms with Gasteiger partial charge in [-0.3, -0.25) is 10.2 Å². The van der Waals surface area contributed by atoms with Crippen molar-refractivity contribution in [2.75, 3.05) is 0 Å². The van der Waals surface area contributed by atoms with E-state index in [0.29, 0.717) is 5.56 Å². The van der Waals surface area contributed by atoms with E-state index in [1.54, 1.807) is 19.1 Å². The molecule has 0 saturated heterocycles. The molecule has 1 aromatic rings. The molecule has 72 valence electrons. The second-order valence-electron chi connectivity index (χ2n) is 2.47. The topological polar surface area (TPSA) is 75.4 Å². The molecule has 1 rings (SSSR count). The van der Waals surface area contributed by atoms with Crippen LogP contribution in [0.1, 0.15) is 23.3 Å². The van der Waals surface area contributed by atoms with E-state index in [1.165, 1.54) is 6.07 Å². The number of rotatable bonds is 1. The molecule has 0 unspecified atom stereocenters. The molecule has 0 spiro atoms. The first-order chi connectivity index (χ1) is 5.65. The number of carbonyl (C=O) groups is 1. The number of nitrogen functional groups attached to an aromatic ring is 1. The first kappa shape index (κ1) is 11.4. The van der Waals surface area contributed by atoms with Crippen LogP contribution >= 0.6 is 0 Å². The van der Waals surface area contributed by atoms with Gasteiger partial charge in [0.25, 0.3) is 5.91 Å². The fourth-order valence-electron chi connectivity index (χ4n) is 0.834. The van der Waals surface area contributed by atoms with E-state index in [-0.39, 0.29) is 13.2 Å². The normalized spacial score (nSPS) is 8.77. The van der Waals surface area contributed by atoms with E-state index in [4.69, 9.17) is 5.84 Å². The Morgan fingerprint density at radius 1 is 1.54 bits per heavy atom. The van der Waals surface area contributed by atoms with Crippen LogP contribution in [0, 0.1) is 6.92 Å². The highest BCUT2D eigenvalue weighted by atomic mass is 16.3. The third-order valence-corrected chi connectivity index (χ3v) is 1.60. The third kappa shape index (κ3) is 2.45. The van der Waals surface area contributed by atoms with Crippen LogP contribution in [0.5, 0.6) is 5.75 Å². The largest absolute Gasteiger partial charge is 0.508 e. The number of nitrogens with one attached hydrogen (secondary N) is 1. The summed E-state index contributed by atoms with van der Waals surface area (Å²) in [7, 11) is 0. The fraction of sp³-hybridized carbons (Fsp3) is 0.222. The van der Waals surface area contributed by atoms with Crippen LogP contribution in [-0.4, -0.2) is 11.0 Å². The Balaban J connectivity index is 0.00000144. The van der Waals surface area contributed by atoms with Crippen molar-refractivity contribution in [2.24, 2.45) is 5.84 Å². The molecule has 0 aliphatic carbocycles. The molecule has 4 heteroatoms. The van der Waals surface area contributed by atoms with Crippen molar-refractivity contribution >= 4 is 5.91 Å². The SMILES string of the molecule is C.Cc1ccc(C(=O)NN)cc1O. The van der Waals surface area contributed by atoms with E-state index >= 15 is 0 Å². The van der Waals surface area contributed by atoms with Gasteiger partial charge in [-0.1, -0.05) is 13.5 Å². The number of phenolic OH excluding ortho intramolecular Hbond substituents is 1. The smallest absolute Gasteiger partial charge is 0.265 e. The first-order valence-electron chi connectivity index (χ1n) is 3.45. The lowest BCUT2D eigenvalue weighted by molar-refractivity contribution is 0.0953. The van der Waals surface area contributed by atoms with Crippen molar-refractivity contribution in [3.8, 4) is 5.75 Å². The molecule has 0 fully saturated rings. The molecule has 0 aromatic heterocycles. The monoisotopic (exact) mass is 182 g/mol. The molecule has 0 atom stereocenters. The summed E-state index contributed by atoms with van der Waals surface area (Å²) in [5, 5.41) is 9.22. The minimum Gasteiger partial charge on any atom is -0.508 e. The zero-order chi connectivity index (χ0) is 9.14. The second-order valence-corrected chi connectivity index (χ2v) is 2.47. The highest BCUT2D eigenvalue weighted by Gasteiger charge is 2.04. The van der Waals surface area contributed by atoms with Crippen LogP contribution in [0.15, 0.2) is 18.2 Å². The van der Waals surface area contributed by atoms with Crippen LogP contribution < -0.4 is 11.3 Å². The summed E-state index contributed by atoms with van der Waals surface area (Å²) in [6, 6.07) is 4.62. The van der Waals surface area contributed by atoms with Gasteiger partial charge in [-0.25, -0.2) is 5.84 Å². The summed E-state index contributed by atoms with van der Waals surface area (Å²) >= 11 is 0. The number of nitrogens with two attached hydrogens (primary N) is 1. The highest BCUT2D eigenvalue weighted by Crippen LogP contribution is 2.16. The van der Waals surface area contributed by atoms with Crippen LogP contribution in [0.4, 0.5) is 0 Å². The number of benzene rings is 1. The second kappa shape index (κ2) is 4.47. The van der Waals surface area contributed by atoms with Gasteiger partial charge in [-0.05, 0) is 24.6 Å². The van der Waals surface area contributed by atoms with Crippen molar-refractivity contribution in [3.05, 3.63) is 29.3 Å². The van der Waals surface area contributed by atoms with Gasteiger partial charge in [0.15, 0.2) is 0 Å². The number of hydrogen-bond donors (Lipinski definition) is 3. The standard InChI is InChI=1S/C8H10N2O2.CH4/c1-5-2-3-6(4-7(5)11)8(12)10-9;/h2-4,11H,9H2,1H3,(H,10,12);1H4. The molecule has 4 N–H and O–H groups in total. The van der Waals surface area contributed by atoms with Crippen LogP contribution in [0.2, 0.25) is 0 Å². The Morgan fingerprint density at radius 3 is 2.62 bits per heavy atom. The van der Waals surface area contributed by atoms with Crippen LogP contribution in [-0.2, 0) is 0 Å². The average Bonchev–Trinajstić information content (AvgIpc) is 2.08. The van der Waals surface area contributed by atoms with Gasteiger partial charge in [0.2, 0.25) is 0 Å². The maximum Gasteiger partial charge on any atom is 0.265 e. The van der Waals surface area contributed by atoms with Crippen molar-refractivity contribution in [2.45, 2.75) is 14.4 Å². The van der Waals surface area contributed by atoms with Crippen molar-refractivity contribution in [3.63, 3.8) is 0 Å². The molecule has 0 heterocycles. The van der Waals surface area contributed by atoms with Gasteiger partial charge < -0.3 is 5.11 Å². The van der Waals surface area contributed by atoms with Gasteiger partial charge in [-0.2, -0.15) is 0 Å². The summed E-state index contributed by atoms with van der Waals surface area (Å²) in [5.41, 5.74) is 3.05. The molecule has 1 aromatic carbocycles. The van der Waals surface area contributed by atoms with E-state index in [0.717, 1.165) is 5.56 Å². The predicted molar refractivity (Wildman–Crippen MR) is 51.2 cm³/mol. The lowest BCUT2D eigenvalue weighted by Crippen LogP contribution is -2.29. The maximum atomic E-state index is 10.9. The molecule has 0 aliphatic rings. The first-order valence-corrected chi connectivity index (χ1v) is 3.45. The Hall–Kier alpha value is -1.55. The minimum absolute atomic E-state index is 0. The van der Waals surface area contributed by atoms with Crippen molar-refractivity contribution in [1.82, 2.24) is 5.43 Å². The molecule has 0 bridgehead atoms. The Kier molecular flexibility index (Phi) is 3.94. The van der Waals surface area contributed by atoms with Gasteiger partial charge in [0, 0.05) is 5.56 Å². The molecule has 0 radical (unpaired) electrons. The number of aryl methyl sites for hydroxylation is 1. The van der Waals surface area contributed by atoms with E-state index in [2.05, 4.69) is 0 Å². The van der Waals surface area contributed by atoms with E-state index in [9.17, 15) is 9.90 Å². The third-order valence-electron chi connectivity index (χ3n) is 1.60. The number of hydrogen-bond acceptors (Lipinski definition) is 3. The van der Waals surface area contributed by atoms with Gasteiger partial charge in [0.05, 0.1) is 0 Å². The summed E-state index contributed by atoms with van der Waals surface area (Å²) in [6.45, 7) is 1.75. The van der Waals surface area contributed by atoms with Crippen molar-refractivity contribution < 1.29 is 9.90 Å². The molecule has 13 heavy (non-hydrogen) atoms. The Labute approximate surface area is 77.3 Å². The Bertz CT molecular complexity index is 310. The Morgan fingerprint density at radius 2 is 2.15 bits per heavy atom. The molecule has 0 saturated carbocycles. The summed E-state index contributed by atoms with van der Waals surface area (Å²) in [6.07, 6.45) is 0. The minimum atomic E-state index is -0.412. The molecular weight excluding hydrogens is 168 g/mol. The predicted octanol–water partition coefficient (Wildman–Crippen LogP) is 0.940. The quantitative estimate of drug-likeness (QED) is 0.343. The summed E-state index contributed by atoms with van der Waals surface area (Å²) < 4.78 is 0. The zero-order valence-corrected chi connectivity index (χ0v) is 6.66. The molecular formula is C9H14N2O2. The maximum absolute atomic E-state index is 10.9. The number of carbonyl (C=O) groups excluding carboxylic acids is 1. The van der Waals surface area contributed by atoms with Gasteiger partial charge >= 0.3 is 0 Å². The van der Waals surface area contributed by atoms with Crippen LogP contribution in [0.3, 0.4) is 0 Å². The molecule has 0 aliphatic heterocycles. The zero-order valence-electron chi connectivity index (χ0n) is 6.66. The fourth-order valence-corrected chi connectivity index (χ4v) is 0.834. The lowest BCUT2D eigenvalue weighted by Gasteiger charge is -2.01. The van der Waals surface area contributed by atoms with Gasteiger partial charge in [-0.15, -0.1) is 0 Å². The molecule has 1 amide bonds. The highest BCUT2D eigenvalue weighted by molar-refractivity contribution is 5.94. The number of aromatic hydroxyl groups is 1. The average molecular weight is 182 g/mol. The van der Waals surface area contributed by atoms with Gasteiger partial charge in [0.1, 0.15) is 5.75 Å². The van der Waals surface area contributed by atoms with Crippen LogP contribution in [0.25, 0.3) is 0 Å². The number of hydrazine groups is 1. The lowest BCUT2D eigenvalue weighted by atomic mass is 10.1. The summed E-state index contributed by atoms with van der Waals surface area (Å²) in [5.74, 6) is 4.59.